The molecule has 2 aromatic rings. The van der Waals surface area contributed by atoms with Crippen molar-refractivity contribution >= 4 is 23.2 Å². The Morgan fingerprint density at radius 2 is 1.88 bits per heavy atom. The van der Waals surface area contributed by atoms with E-state index in [2.05, 4.69) is 17.4 Å². The van der Waals surface area contributed by atoms with Crippen LogP contribution in [0.15, 0.2) is 54.6 Å². The van der Waals surface area contributed by atoms with Crippen LogP contribution in [0.1, 0.15) is 37.7 Å². The van der Waals surface area contributed by atoms with E-state index in [4.69, 9.17) is 0 Å². The number of amides is 2. The number of rotatable bonds is 6. The minimum absolute atomic E-state index is 0.0121. The molecule has 2 amide bonds. The maximum atomic E-state index is 12.2. The second-order valence-corrected chi connectivity index (χ2v) is 6.44. The van der Waals surface area contributed by atoms with Crippen LogP contribution in [0, 0.1) is 0 Å². The lowest BCUT2D eigenvalue weighted by molar-refractivity contribution is -0.119. The number of nitrogens with zero attached hydrogens (tertiary/aromatic N) is 1. The second-order valence-electron chi connectivity index (χ2n) is 6.44. The van der Waals surface area contributed by atoms with Gasteiger partial charge in [0.2, 0.25) is 11.8 Å². The fourth-order valence-electron chi connectivity index (χ4n) is 3.15. The molecule has 25 heavy (non-hydrogen) atoms. The lowest BCUT2D eigenvalue weighted by atomic mass is 10.1. The molecule has 0 aromatic heterocycles. The topological polar surface area (TPSA) is 49.4 Å². The number of carbonyl (C=O) groups is 2. The maximum absolute atomic E-state index is 12.2. The summed E-state index contributed by atoms with van der Waals surface area (Å²) in [5.74, 6) is 0.177. The molecule has 4 heteroatoms. The van der Waals surface area contributed by atoms with Gasteiger partial charge in [-0.05, 0) is 49.4 Å². The second kappa shape index (κ2) is 8.47. The first-order valence-electron chi connectivity index (χ1n) is 8.96. The number of aryl methyl sites for hydroxylation is 1. The number of hydrogen-bond donors (Lipinski definition) is 1. The van der Waals surface area contributed by atoms with Crippen LogP contribution in [0.5, 0.6) is 0 Å². The normalized spacial score (nSPS) is 14.4. The number of carbonyl (C=O) groups excluding carboxylic acids is 2. The van der Waals surface area contributed by atoms with Gasteiger partial charge in [0.1, 0.15) is 0 Å². The van der Waals surface area contributed by atoms with Crippen molar-refractivity contribution in [1.82, 2.24) is 0 Å². The third-order valence-corrected chi connectivity index (χ3v) is 4.48. The van der Waals surface area contributed by atoms with Crippen LogP contribution < -0.4 is 10.2 Å². The lowest BCUT2D eigenvalue weighted by Gasteiger charge is -2.27. The molecule has 0 spiro atoms. The summed E-state index contributed by atoms with van der Waals surface area (Å²) in [6.07, 6.45) is 4.81. The Labute approximate surface area is 148 Å². The van der Waals surface area contributed by atoms with E-state index in [0.717, 1.165) is 43.6 Å². The molecular weight excluding hydrogens is 312 g/mol. The highest BCUT2D eigenvalue weighted by Crippen LogP contribution is 2.24. The molecule has 1 fully saturated rings. The molecule has 0 atom stereocenters. The smallest absolute Gasteiger partial charge is 0.226 e. The van der Waals surface area contributed by atoms with Crippen molar-refractivity contribution in [2.24, 2.45) is 0 Å². The zero-order valence-corrected chi connectivity index (χ0v) is 14.4. The van der Waals surface area contributed by atoms with E-state index in [1.807, 2.05) is 47.4 Å². The van der Waals surface area contributed by atoms with Gasteiger partial charge in [-0.1, -0.05) is 36.4 Å². The van der Waals surface area contributed by atoms with Crippen molar-refractivity contribution in [2.45, 2.75) is 38.5 Å². The van der Waals surface area contributed by atoms with E-state index >= 15 is 0 Å². The van der Waals surface area contributed by atoms with E-state index in [-0.39, 0.29) is 11.8 Å². The highest BCUT2D eigenvalue weighted by atomic mass is 16.2. The summed E-state index contributed by atoms with van der Waals surface area (Å²) in [7, 11) is 0. The Bertz CT molecular complexity index is 728. The van der Waals surface area contributed by atoms with Crippen molar-refractivity contribution < 1.29 is 9.59 Å². The molecule has 1 saturated heterocycles. The van der Waals surface area contributed by atoms with Gasteiger partial charge in [0.05, 0.1) is 0 Å². The summed E-state index contributed by atoms with van der Waals surface area (Å²) < 4.78 is 0. The highest BCUT2D eigenvalue weighted by molar-refractivity contribution is 5.96. The van der Waals surface area contributed by atoms with E-state index in [1.165, 1.54) is 5.56 Å². The van der Waals surface area contributed by atoms with Crippen LogP contribution in [0.3, 0.4) is 0 Å². The van der Waals surface area contributed by atoms with Crippen LogP contribution >= 0.6 is 0 Å². The van der Waals surface area contributed by atoms with Gasteiger partial charge in [-0.2, -0.15) is 0 Å². The largest absolute Gasteiger partial charge is 0.326 e. The van der Waals surface area contributed by atoms with Crippen LogP contribution in [0.2, 0.25) is 0 Å². The van der Waals surface area contributed by atoms with Gasteiger partial charge >= 0.3 is 0 Å². The Hall–Kier alpha value is -2.62. The van der Waals surface area contributed by atoms with Crippen molar-refractivity contribution in [3.05, 3.63) is 60.2 Å². The van der Waals surface area contributed by atoms with E-state index in [1.54, 1.807) is 0 Å². The van der Waals surface area contributed by atoms with Crippen molar-refractivity contribution in [3.63, 3.8) is 0 Å². The third kappa shape index (κ3) is 4.92. The predicted molar refractivity (Wildman–Crippen MR) is 101 cm³/mol. The molecule has 1 aliphatic rings. The molecule has 130 valence electrons. The van der Waals surface area contributed by atoms with Crippen LogP contribution in [0.4, 0.5) is 11.4 Å². The van der Waals surface area contributed by atoms with Crippen molar-refractivity contribution in [1.29, 1.82) is 0 Å². The van der Waals surface area contributed by atoms with Gasteiger partial charge in [-0.15, -0.1) is 0 Å². The quantitative estimate of drug-likeness (QED) is 0.861. The molecule has 0 unspecified atom stereocenters. The summed E-state index contributed by atoms with van der Waals surface area (Å²) in [5.41, 5.74) is 2.87. The minimum Gasteiger partial charge on any atom is -0.326 e. The molecule has 2 aromatic carbocycles. The predicted octanol–water partition coefficient (Wildman–Crippen LogP) is 4.16. The molecule has 0 bridgehead atoms. The highest BCUT2D eigenvalue weighted by Gasteiger charge is 2.19. The fourth-order valence-corrected chi connectivity index (χ4v) is 3.15. The van der Waals surface area contributed by atoms with Gasteiger partial charge in [-0.25, -0.2) is 0 Å². The standard InChI is InChI=1S/C21H24N2O2/c24-20(13-6-10-17-8-2-1-3-9-17)22-18-11-7-12-19(16-18)23-15-5-4-14-21(23)25/h1-3,7-9,11-12,16H,4-6,10,13-15H2,(H,22,24). The molecule has 4 nitrogen and oxygen atoms in total. The molecule has 1 heterocycles. The van der Waals surface area contributed by atoms with Gasteiger partial charge in [-0.3, -0.25) is 9.59 Å². The van der Waals surface area contributed by atoms with Gasteiger partial charge in [0, 0.05) is 30.8 Å². The van der Waals surface area contributed by atoms with Crippen LogP contribution in [-0.2, 0) is 16.0 Å². The average Bonchev–Trinajstić information content (AvgIpc) is 2.63. The van der Waals surface area contributed by atoms with Crippen molar-refractivity contribution in [2.75, 3.05) is 16.8 Å². The Balaban J connectivity index is 1.52. The van der Waals surface area contributed by atoms with Gasteiger partial charge < -0.3 is 10.2 Å². The number of benzene rings is 2. The number of hydrogen-bond acceptors (Lipinski definition) is 2. The van der Waals surface area contributed by atoms with Gasteiger partial charge in [0.15, 0.2) is 0 Å². The Kier molecular flexibility index (Phi) is 5.83. The summed E-state index contributed by atoms with van der Waals surface area (Å²) in [4.78, 5) is 26.0. The zero-order valence-electron chi connectivity index (χ0n) is 14.4. The monoisotopic (exact) mass is 336 g/mol. The summed E-state index contributed by atoms with van der Waals surface area (Å²) in [6, 6.07) is 17.8. The van der Waals surface area contributed by atoms with E-state index in [0.29, 0.717) is 12.8 Å². The molecular formula is C21H24N2O2. The van der Waals surface area contributed by atoms with Crippen LogP contribution in [-0.4, -0.2) is 18.4 Å². The lowest BCUT2D eigenvalue weighted by Crippen LogP contribution is -2.35. The maximum Gasteiger partial charge on any atom is 0.226 e. The zero-order chi connectivity index (χ0) is 17.5. The number of nitrogens with one attached hydrogen (secondary N) is 1. The van der Waals surface area contributed by atoms with E-state index in [9.17, 15) is 9.59 Å². The average molecular weight is 336 g/mol. The first kappa shape index (κ1) is 17.2. The molecule has 1 N–H and O–H groups in total. The summed E-state index contributed by atoms with van der Waals surface area (Å²) in [5, 5.41) is 2.95. The molecule has 3 rings (SSSR count). The SMILES string of the molecule is O=C(CCCc1ccccc1)Nc1cccc(N2CCCCC2=O)c1. The molecule has 1 aliphatic heterocycles. The first-order valence-corrected chi connectivity index (χ1v) is 8.96. The van der Waals surface area contributed by atoms with E-state index < -0.39 is 0 Å². The Morgan fingerprint density at radius 1 is 1.04 bits per heavy atom. The summed E-state index contributed by atoms with van der Waals surface area (Å²) in [6.45, 7) is 0.757. The number of anilines is 2. The Morgan fingerprint density at radius 3 is 2.68 bits per heavy atom. The van der Waals surface area contributed by atoms with Crippen molar-refractivity contribution in [3.8, 4) is 0 Å². The first-order chi connectivity index (χ1) is 12.2. The molecule has 0 aliphatic carbocycles. The molecule has 0 saturated carbocycles. The van der Waals surface area contributed by atoms with Crippen LogP contribution in [0.25, 0.3) is 0 Å². The third-order valence-electron chi connectivity index (χ3n) is 4.48. The summed E-state index contributed by atoms with van der Waals surface area (Å²) >= 11 is 0. The number of piperidine rings is 1. The molecule has 0 radical (unpaired) electrons. The fraction of sp³-hybridized carbons (Fsp3) is 0.333. The minimum atomic E-state index is 0.0121. The van der Waals surface area contributed by atoms with Gasteiger partial charge in [0.25, 0.3) is 0 Å².